The van der Waals surface area contributed by atoms with Gasteiger partial charge in [0.2, 0.25) is 5.91 Å². The van der Waals surface area contributed by atoms with E-state index < -0.39 is 0 Å². The second-order valence-corrected chi connectivity index (χ2v) is 5.77. The highest BCUT2D eigenvalue weighted by molar-refractivity contribution is 6.42. The number of nitrogens with zero attached hydrogens (tertiary/aromatic N) is 1. The summed E-state index contributed by atoms with van der Waals surface area (Å²) in [4.78, 5) is 14.0. The predicted octanol–water partition coefficient (Wildman–Crippen LogP) is 3.40. The van der Waals surface area contributed by atoms with Crippen LogP contribution in [0.25, 0.3) is 0 Å². The Morgan fingerprint density at radius 1 is 1.27 bits per heavy atom. The van der Waals surface area contributed by atoms with Gasteiger partial charge in [0.15, 0.2) is 0 Å². The van der Waals surface area contributed by atoms with Gasteiger partial charge in [-0.1, -0.05) is 29.3 Å². The highest BCUT2D eigenvalue weighted by atomic mass is 35.5. The standard InChI is InChI=1S/C15H20Cl2N2O2.ClH/c16-12-4-1-5-13(15(12)17)21-11-2-6-14(20)19-9-3-7-18-8-10-19;/h1,4-5,18H,2-3,6-11H2;1H. The zero-order chi connectivity index (χ0) is 15.1. The summed E-state index contributed by atoms with van der Waals surface area (Å²) in [5.74, 6) is 0.759. The van der Waals surface area contributed by atoms with E-state index in [1.165, 1.54) is 0 Å². The molecule has 0 atom stereocenters. The minimum absolute atomic E-state index is 0. The first kappa shape index (κ1) is 19.4. The van der Waals surface area contributed by atoms with Gasteiger partial charge in [0, 0.05) is 26.1 Å². The molecule has 1 aromatic rings. The van der Waals surface area contributed by atoms with E-state index in [2.05, 4.69) is 5.32 Å². The Labute approximate surface area is 147 Å². The predicted molar refractivity (Wildman–Crippen MR) is 92.5 cm³/mol. The largest absolute Gasteiger partial charge is 0.492 e. The van der Waals surface area contributed by atoms with Gasteiger partial charge >= 0.3 is 0 Å². The van der Waals surface area contributed by atoms with E-state index in [1.807, 2.05) is 4.90 Å². The van der Waals surface area contributed by atoms with Crippen molar-refractivity contribution in [3.63, 3.8) is 0 Å². The molecule has 0 radical (unpaired) electrons. The Hall–Kier alpha value is -0.680. The highest BCUT2D eigenvalue weighted by Crippen LogP contribution is 2.31. The van der Waals surface area contributed by atoms with Crippen molar-refractivity contribution in [1.29, 1.82) is 0 Å². The highest BCUT2D eigenvalue weighted by Gasteiger charge is 2.14. The van der Waals surface area contributed by atoms with Crippen molar-refractivity contribution in [2.45, 2.75) is 19.3 Å². The maximum Gasteiger partial charge on any atom is 0.222 e. The Morgan fingerprint density at radius 3 is 2.91 bits per heavy atom. The molecule has 1 aromatic carbocycles. The van der Waals surface area contributed by atoms with Gasteiger partial charge in [-0.2, -0.15) is 0 Å². The molecule has 0 unspecified atom stereocenters. The van der Waals surface area contributed by atoms with Crippen molar-refractivity contribution in [2.75, 3.05) is 32.8 Å². The van der Waals surface area contributed by atoms with Crippen LogP contribution < -0.4 is 10.1 Å². The Morgan fingerprint density at radius 2 is 2.09 bits per heavy atom. The molecule has 1 aliphatic rings. The number of halogens is 3. The van der Waals surface area contributed by atoms with Crippen LogP contribution in [0.2, 0.25) is 10.0 Å². The molecule has 2 rings (SSSR count). The number of carbonyl (C=O) groups is 1. The van der Waals surface area contributed by atoms with Gasteiger partial charge in [-0.05, 0) is 31.5 Å². The number of rotatable bonds is 5. The number of carbonyl (C=O) groups excluding carboxylic acids is 1. The molecular weight excluding hydrogens is 347 g/mol. The average molecular weight is 368 g/mol. The molecule has 1 heterocycles. The van der Waals surface area contributed by atoms with Crippen LogP contribution in [-0.4, -0.2) is 43.6 Å². The minimum atomic E-state index is 0. The molecule has 7 heteroatoms. The van der Waals surface area contributed by atoms with Gasteiger partial charge in [0.05, 0.1) is 11.6 Å². The Balaban J connectivity index is 0.00000242. The summed E-state index contributed by atoms with van der Waals surface area (Å²) in [6.07, 6.45) is 2.18. The van der Waals surface area contributed by atoms with Crippen LogP contribution in [0, 0.1) is 0 Å². The third-order valence-electron chi connectivity index (χ3n) is 3.40. The van der Waals surface area contributed by atoms with Crippen molar-refractivity contribution in [3.8, 4) is 5.75 Å². The van der Waals surface area contributed by atoms with Crippen LogP contribution in [0.3, 0.4) is 0 Å². The number of amides is 1. The van der Waals surface area contributed by atoms with E-state index in [9.17, 15) is 4.79 Å². The fourth-order valence-corrected chi connectivity index (χ4v) is 2.60. The molecule has 0 spiro atoms. The van der Waals surface area contributed by atoms with Crippen molar-refractivity contribution in [1.82, 2.24) is 10.2 Å². The maximum atomic E-state index is 12.1. The van der Waals surface area contributed by atoms with Gasteiger partial charge in [0.1, 0.15) is 10.8 Å². The molecule has 0 aliphatic carbocycles. The summed E-state index contributed by atoms with van der Waals surface area (Å²) in [6.45, 7) is 3.95. The fraction of sp³-hybridized carbons (Fsp3) is 0.533. The van der Waals surface area contributed by atoms with E-state index in [-0.39, 0.29) is 18.3 Å². The zero-order valence-corrected chi connectivity index (χ0v) is 14.6. The maximum absolute atomic E-state index is 12.1. The van der Waals surface area contributed by atoms with E-state index in [0.29, 0.717) is 35.2 Å². The molecule has 124 valence electrons. The quantitative estimate of drug-likeness (QED) is 0.811. The molecule has 0 saturated carbocycles. The van der Waals surface area contributed by atoms with E-state index in [0.717, 1.165) is 32.6 Å². The van der Waals surface area contributed by atoms with Crippen LogP contribution in [-0.2, 0) is 4.79 Å². The van der Waals surface area contributed by atoms with Crippen molar-refractivity contribution in [2.24, 2.45) is 0 Å². The summed E-state index contributed by atoms with van der Waals surface area (Å²) >= 11 is 12.0. The molecule has 1 N–H and O–H groups in total. The van der Waals surface area contributed by atoms with Crippen molar-refractivity contribution >= 4 is 41.5 Å². The monoisotopic (exact) mass is 366 g/mol. The van der Waals surface area contributed by atoms with Gasteiger partial charge < -0.3 is 15.0 Å². The number of hydrogen-bond acceptors (Lipinski definition) is 3. The molecule has 1 aliphatic heterocycles. The van der Waals surface area contributed by atoms with Crippen molar-refractivity contribution in [3.05, 3.63) is 28.2 Å². The normalized spacial score (nSPS) is 14.9. The molecule has 4 nitrogen and oxygen atoms in total. The van der Waals surface area contributed by atoms with Crippen LogP contribution in [0.15, 0.2) is 18.2 Å². The van der Waals surface area contributed by atoms with Crippen molar-refractivity contribution < 1.29 is 9.53 Å². The van der Waals surface area contributed by atoms with E-state index >= 15 is 0 Å². The van der Waals surface area contributed by atoms with Crippen LogP contribution in [0.4, 0.5) is 0 Å². The van der Waals surface area contributed by atoms with E-state index in [4.69, 9.17) is 27.9 Å². The summed E-state index contributed by atoms with van der Waals surface area (Å²) < 4.78 is 5.58. The molecule has 1 amide bonds. The third-order valence-corrected chi connectivity index (χ3v) is 4.20. The minimum Gasteiger partial charge on any atom is -0.492 e. The van der Waals surface area contributed by atoms with Crippen LogP contribution >= 0.6 is 35.6 Å². The molecule has 0 aromatic heterocycles. The van der Waals surface area contributed by atoms with E-state index in [1.54, 1.807) is 18.2 Å². The molecular formula is C15H21Cl3N2O2. The second kappa shape index (κ2) is 10.2. The summed E-state index contributed by atoms with van der Waals surface area (Å²) in [5.41, 5.74) is 0. The second-order valence-electron chi connectivity index (χ2n) is 4.99. The zero-order valence-electron chi connectivity index (χ0n) is 12.3. The summed E-state index contributed by atoms with van der Waals surface area (Å²) in [6, 6.07) is 5.28. The number of benzene rings is 1. The summed E-state index contributed by atoms with van der Waals surface area (Å²) in [7, 11) is 0. The molecule has 1 saturated heterocycles. The lowest BCUT2D eigenvalue weighted by molar-refractivity contribution is -0.131. The average Bonchev–Trinajstić information content (AvgIpc) is 2.76. The Bertz CT molecular complexity index is 478. The fourth-order valence-electron chi connectivity index (χ4n) is 2.25. The smallest absolute Gasteiger partial charge is 0.222 e. The number of ether oxygens (including phenoxy) is 1. The van der Waals surface area contributed by atoms with Gasteiger partial charge in [-0.25, -0.2) is 0 Å². The van der Waals surface area contributed by atoms with Gasteiger partial charge in [-0.15, -0.1) is 12.4 Å². The first-order valence-electron chi connectivity index (χ1n) is 7.24. The summed E-state index contributed by atoms with van der Waals surface area (Å²) in [5, 5.41) is 4.18. The van der Waals surface area contributed by atoms with Gasteiger partial charge in [-0.3, -0.25) is 4.79 Å². The molecule has 1 fully saturated rings. The van der Waals surface area contributed by atoms with Crippen LogP contribution in [0.1, 0.15) is 19.3 Å². The number of nitrogens with one attached hydrogen (secondary N) is 1. The lowest BCUT2D eigenvalue weighted by Crippen LogP contribution is -2.34. The van der Waals surface area contributed by atoms with Crippen LogP contribution in [0.5, 0.6) is 5.75 Å². The molecule has 22 heavy (non-hydrogen) atoms. The lowest BCUT2D eigenvalue weighted by atomic mass is 10.2. The third kappa shape index (κ3) is 5.84. The Kier molecular flexibility index (Phi) is 8.95. The first-order valence-corrected chi connectivity index (χ1v) is 7.99. The number of hydrogen-bond donors (Lipinski definition) is 1. The topological polar surface area (TPSA) is 41.6 Å². The SMILES string of the molecule is Cl.O=C(CCCOc1cccc(Cl)c1Cl)N1CCCNCC1. The first-order chi connectivity index (χ1) is 10.2. The molecule has 0 bridgehead atoms. The van der Waals surface area contributed by atoms with Gasteiger partial charge in [0.25, 0.3) is 0 Å². The lowest BCUT2D eigenvalue weighted by Gasteiger charge is -2.19.